The zero-order valence-electron chi connectivity index (χ0n) is 16.3. The van der Waals surface area contributed by atoms with Crippen LogP contribution in [0.4, 0.5) is 0 Å². The van der Waals surface area contributed by atoms with Gasteiger partial charge >= 0.3 is 0 Å². The van der Waals surface area contributed by atoms with Crippen molar-refractivity contribution in [3.05, 3.63) is 53.6 Å². The van der Waals surface area contributed by atoms with Gasteiger partial charge in [0, 0.05) is 19.2 Å². The van der Waals surface area contributed by atoms with Crippen LogP contribution in [0.3, 0.4) is 0 Å². The minimum atomic E-state index is 1.09. The van der Waals surface area contributed by atoms with E-state index in [1.54, 1.807) is 0 Å². The third-order valence-corrected chi connectivity index (χ3v) is 4.91. The van der Waals surface area contributed by atoms with Gasteiger partial charge in [0.25, 0.3) is 0 Å². The number of rotatable bonds is 13. The lowest BCUT2D eigenvalue weighted by molar-refractivity contribution is 0.564. The van der Waals surface area contributed by atoms with Crippen LogP contribution in [0.2, 0.25) is 0 Å². The molecule has 0 aliphatic rings. The van der Waals surface area contributed by atoms with Crippen molar-refractivity contribution in [3.63, 3.8) is 0 Å². The van der Waals surface area contributed by atoms with Gasteiger partial charge in [-0.15, -0.1) is 0 Å². The molecule has 2 aromatic rings. The predicted molar refractivity (Wildman–Crippen MR) is 108 cm³/mol. The molecule has 138 valence electrons. The summed E-state index contributed by atoms with van der Waals surface area (Å²) in [7, 11) is 0. The minimum absolute atomic E-state index is 1.09. The first-order chi connectivity index (χ1) is 12.3. The van der Waals surface area contributed by atoms with Crippen LogP contribution < -0.4 is 0 Å². The third-order valence-electron chi connectivity index (χ3n) is 4.91. The Hall–Kier alpha value is -1.57. The first-order valence-corrected chi connectivity index (χ1v) is 10.4. The molecular weight excluding hydrogens is 304 g/mol. The average Bonchev–Trinajstić information content (AvgIpc) is 3.02. The molecule has 2 rings (SSSR count). The Morgan fingerprint density at radius 1 is 0.760 bits per heavy atom. The van der Waals surface area contributed by atoms with E-state index in [9.17, 15) is 0 Å². The van der Waals surface area contributed by atoms with Gasteiger partial charge in [0.15, 0.2) is 0 Å². The highest BCUT2D eigenvalue weighted by atomic mass is 15.1. The largest absolute Gasteiger partial charge is 0.335 e. The van der Waals surface area contributed by atoms with Crippen molar-refractivity contribution in [1.82, 2.24) is 9.55 Å². The molecule has 0 aliphatic heterocycles. The summed E-state index contributed by atoms with van der Waals surface area (Å²) in [5, 5.41) is 0. The zero-order valence-corrected chi connectivity index (χ0v) is 16.3. The molecule has 0 aliphatic carbocycles. The molecule has 0 atom stereocenters. The van der Waals surface area contributed by atoms with Crippen molar-refractivity contribution >= 4 is 0 Å². The Labute approximate surface area is 154 Å². The van der Waals surface area contributed by atoms with E-state index < -0.39 is 0 Å². The number of benzene rings is 1. The van der Waals surface area contributed by atoms with Crippen LogP contribution in [0, 0.1) is 0 Å². The number of hydrogen-bond acceptors (Lipinski definition) is 1. The maximum Gasteiger partial charge on any atom is 0.108 e. The van der Waals surface area contributed by atoms with E-state index in [-0.39, 0.29) is 0 Å². The molecule has 0 N–H and O–H groups in total. The SMILES string of the molecule is CCCCCCc1nc(CCCc2ccccc2)cn1CCCCC. The normalized spacial score (nSPS) is 11.1. The van der Waals surface area contributed by atoms with E-state index in [0.717, 1.165) is 25.8 Å². The van der Waals surface area contributed by atoms with Crippen LogP contribution >= 0.6 is 0 Å². The molecule has 0 amide bonds. The van der Waals surface area contributed by atoms with Crippen molar-refractivity contribution in [2.45, 2.75) is 91.0 Å². The first kappa shape index (κ1) is 19.8. The summed E-state index contributed by atoms with van der Waals surface area (Å²) in [5.74, 6) is 1.32. The molecule has 0 fully saturated rings. The average molecular weight is 341 g/mol. The molecule has 0 radical (unpaired) electrons. The highest BCUT2D eigenvalue weighted by Crippen LogP contribution is 2.13. The van der Waals surface area contributed by atoms with Gasteiger partial charge in [0.05, 0.1) is 5.69 Å². The maximum atomic E-state index is 4.98. The van der Waals surface area contributed by atoms with Crippen LogP contribution in [0.5, 0.6) is 0 Å². The van der Waals surface area contributed by atoms with Gasteiger partial charge in [-0.05, 0) is 37.7 Å². The topological polar surface area (TPSA) is 17.8 Å². The first-order valence-electron chi connectivity index (χ1n) is 10.4. The van der Waals surface area contributed by atoms with Gasteiger partial charge in [-0.25, -0.2) is 4.98 Å². The fraction of sp³-hybridized carbons (Fsp3) is 0.609. The summed E-state index contributed by atoms with van der Waals surface area (Å²) in [5.41, 5.74) is 2.72. The summed E-state index contributed by atoms with van der Waals surface area (Å²) in [4.78, 5) is 4.98. The number of unbranched alkanes of at least 4 members (excludes halogenated alkanes) is 5. The Morgan fingerprint density at radius 3 is 2.28 bits per heavy atom. The van der Waals surface area contributed by atoms with Gasteiger partial charge in [-0.1, -0.05) is 76.3 Å². The minimum Gasteiger partial charge on any atom is -0.335 e. The molecule has 1 aromatic carbocycles. The van der Waals surface area contributed by atoms with Crippen LogP contribution in [0.1, 0.15) is 82.3 Å². The lowest BCUT2D eigenvalue weighted by Gasteiger charge is -2.07. The molecule has 0 spiro atoms. The smallest absolute Gasteiger partial charge is 0.108 e. The second-order valence-electron chi connectivity index (χ2n) is 7.20. The predicted octanol–water partition coefficient (Wildman–Crippen LogP) is 6.37. The van der Waals surface area contributed by atoms with Gasteiger partial charge in [-0.2, -0.15) is 0 Å². The van der Waals surface area contributed by atoms with Crippen LogP contribution in [-0.2, 0) is 25.8 Å². The number of hydrogen-bond donors (Lipinski definition) is 0. The molecule has 2 nitrogen and oxygen atoms in total. The van der Waals surface area contributed by atoms with E-state index >= 15 is 0 Å². The lowest BCUT2D eigenvalue weighted by Crippen LogP contribution is -2.03. The van der Waals surface area contributed by atoms with Gasteiger partial charge in [0.2, 0.25) is 0 Å². The van der Waals surface area contributed by atoms with Gasteiger partial charge < -0.3 is 4.57 Å². The number of aromatic nitrogens is 2. The highest BCUT2D eigenvalue weighted by molar-refractivity contribution is 5.15. The number of aryl methyl sites for hydroxylation is 4. The molecule has 0 bridgehead atoms. The highest BCUT2D eigenvalue weighted by Gasteiger charge is 2.08. The summed E-state index contributed by atoms with van der Waals surface area (Å²) < 4.78 is 2.44. The van der Waals surface area contributed by atoms with Crippen molar-refractivity contribution < 1.29 is 0 Å². The van der Waals surface area contributed by atoms with E-state index in [1.807, 2.05) is 0 Å². The fourth-order valence-electron chi connectivity index (χ4n) is 3.39. The molecule has 1 heterocycles. The Bertz CT molecular complexity index is 571. The Balaban J connectivity index is 1.87. The van der Waals surface area contributed by atoms with Crippen molar-refractivity contribution in [2.24, 2.45) is 0 Å². The van der Waals surface area contributed by atoms with Gasteiger partial charge in [0.1, 0.15) is 5.82 Å². The van der Waals surface area contributed by atoms with E-state index in [0.29, 0.717) is 0 Å². The van der Waals surface area contributed by atoms with E-state index in [1.165, 1.54) is 68.4 Å². The van der Waals surface area contributed by atoms with E-state index in [4.69, 9.17) is 4.98 Å². The summed E-state index contributed by atoms with van der Waals surface area (Å²) in [6.45, 7) is 5.69. The second-order valence-corrected chi connectivity index (χ2v) is 7.20. The van der Waals surface area contributed by atoms with Crippen molar-refractivity contribution in [1.29, 1.82) is 0 Å². The molecule has 0 saturated carbocycles. The maximum absolute atomic E-state index is 4.98. The molecule has 25 heavy (non-hydrogen) atoms. The van der Waals surface area contributed by atoms with Crippen molar-refractivity contribution in [3.8, 4) is 0 Å². The molecule has 0 unspecified atom stereocenters. The van der Waals surface area contributed by atoms with Crippen molar-refractivity contribution in [2.75, 3.05) is 0 Å². The Kier molecular flexibility index (Phi) is 9.40. The molecule has 1 aromatic heterocycles. The van der Waals surface area contributed by atoms with Crippen LogP contribution in [-0.4, -0.2) is 9.55 Å². The van der Waals surface area contributed by atoms with Crippen LogP contribution in [0.15, 0.2) is 36.5 Å². The second kappa shape index (κ2) is 11.9. The molecule has 0 saturated heterocycles. The number of imidazole rings is 1. The van der Waals surface area contributed by atoms with E-state index in [2.05, 4.69) is 54.9 Å². The summed E-state index contributed by atoms with van der Waals surface area (Å²) in [6, 6.07) is 10.8. The molecular formula is C23H36N2. The number of nitrogens with zero attached hydrogens (tertiary/aromatic N) is 2. The standard InChI is InChI=1S/C23H36N2/c1-3-5-7-11-18-23-24-22(20-25(23)19-12-6-4-2)17-13-16-21-14-9-8-10-15-21/h8-10,14-15,20H,3-7,11-13,16-19H2,1-2H3. The third kappa shape index (κ3) is 7.46. The lowest BCUT2D eigenvalue weighted by atomic mass is 10.1. The summed E-state index contributed by atoms with van der Waals surface area (Å²) in [6.07, 6.45) is 16.0. The molecule has 2 heteroatoms. The monoisotopic (exact) mass is 340 g/mol. The summed E-state index contributed by atoms with van der Waals surface area (Å²) >= 11 is 0. The van der Waals surface area contributed by atoms with Crippen LogP contribution in [0.25, 0.3) is 0 Å². The quantitative estimate of drug-likeness (QED) is 0.387. The van der Waals surface area contributed by atoms with Gasteiger partial charge in [-0.3, -0.25) is 0 Å². The zero-order chi connectivity index (χ0) is 17.7. The Morgan fingerprint density at radius 2 is 1.52 bits per heavy atom. The fourth-order valence-corrected chi connectivity index (χ4v) is 3.39.